The van der Waals surface area contributed by atoms with Crippen LogP contribution < -0.4 is 5.73 Å². The van der Waals surface area contributed by atoms with Gasteiger partial charge in [-0.05, 0) is 38.5 Å². The average molecular weight is 281 g/mol. The van der Waals surface area contributed by atoms with E-state index >= 15 is 0 Å². The van der Waals surface area contributed by atoms with Crippen molar-refractivity contribution >= 4 is 5.78 Å². The summed E-state index contributed by atoms with van der Waals surface area (Å²) in [4.78, 5) is 12.9. The maximum absolute atomic E-state index is 12.9. The van der Waals surface area contributed by atoms with Crippen molar-refractivity contribution in [1.29, 1.82) is 0 Å². The summed E-state index contributed by atoms with van der Waals surface area (Å²) in [5, 5.41) is 0. The Hall–Kier alpha value is -0.450. The van der Waals surface area contributed by atoms with Crippen molar-refractivity contribution in [2.75, 3.05) is 19.8 Å². The topological polar surface area (TPSA) is 61.6 Å². The van der Waals surface area contributed by atoms with Crippen molar-refractivity contribution in [2.24, 2.45) is 11.7 Å². The Morgan fingerprint density at radius 3 is 2.40 bits per heavy atom. The van der Waals surface area contributed by atoms with Crippen molar-refractivity contribution in [1.82, 2.24) is 0 Å². The van der Waals surface area contributed by atoms with Gasteiger partial charge in [-0.1, -0.05) is 19.3 Å². The molecular weight excluding hydrogens is 254 g/mol. The lowest BCUT2D eigenvalue weighted by molar-refractivity contribution is -0.160. The molecule has 0 amide bonds. The highest BCUT2D eigenvalue weighted by Gasteiger charge is 2.46. The molecule has 0 aromatic carbocycles. The quantitative estimate of drug-likeness (QED) is 0.843. The number of ketones is 1. The van der Waals surface area contributed by atoms with Crippen LogP contribution in [0.1, 0.15) is 57.8 Å². The maximum Gasteiger partial charge on any atom is 0.155 e. The Morgan fingerprint density at radius 1 is 1.00 bits per heavy atom. The maximum atomic E-state index is 12.9. The standard InChI is InChI=1S/C16H27NO3/c17-16(5-2-1-3-6-16)14(18)13-4-9-20-15(12-13)7-10-19-11-8-15/h13H,1-12,17H2. The predicted octanol–water partition coefficient (Wildman–Crippen LogP) is 2.19. The number of hydrogen-bond donors (Lipinski definition) is 1. The van der Waals surface area contributed by atoms with Crippen LogP contribution in [0.2, 0.25) is 0 Å². The summed E-state index contributed by atoms with van der Waals surface area (Å²) < 4.78 is 11.5. The van der Waals surface area contributed by atoms with Crippen LogP contribution in [-0.4, -0.2) is 36.7 Å². The summed E-state index contributed by atoms with van der Waals surface area (Å²) in [6.45, 7) is 2.22. The van der Waals surface area contributed by atoms with E-state index in [1.807, 2.05) is 0 Å². The minimum absolute atomic E-state index is 0.102. The highest BCUT2D eigenvalue weighted by atomic mass is 16.5. The zero-order chi connectivity index (χ0) is 14.1. The van der Waals surface area contributed by atoms with Gasteiger partial charge in [0.05, 0.1) is 11.1 Å². The third-order valence-corrected chi connectivity index (χ3v) is 5.50. The van der Waals surface area contributed by atoms with E-state index in [0.29, 0.717) is 12.4 Å². The third kappa shape index (κ3) is 2.78. The van der Waals surface area contributed by atoms with Crippen molar-refractivity contribution in [2.45, 2.75) is 68.9 Å². The molecule has 2 saturated heterocycles. The van der Waals surface area contributed by atoms with Gasteiger partial charge in [-0.2, -0.15) is 0 Å². The molecule has 3 aliphatic rings. The Balaban J connectivity index is 1.68. The first-order valence-electron chi connectivity index (χ1n) is 8.19. The van der Waals surface area contributed by atoms with Gasteiger partial charge < -0.3 is 15.2 Å². The van der Waals surface area contributed by atoms with E-state index in [1.54, 1.807) is 0 Å². The van der Waals surface area contributed by atoms with Gasteiger partial charge in [-0.3, -0.25) is 4.79 Å². The summed E-state index contributed by atoms with van der Waals surface area (Å²) in [6.07, 6.45) is 8.73. The largest absolute Gasteiger partial charge is 0.381 e. The van der Waals surface area contributed by atoms with Crippen molar-refractivity contribution in [3.8, 4) is 0 Å². The summed E-state index contributed by atoms with van der Waals surface area (Å²) in [6, 6.07) is 0. The molecule has 2 N–H and O–H groups in total. The lowest BCUT2D eigenvalue weighted by Crippen LogP contribution is -2.55. The molecule has 1 atom stereocenters. The highest BCUT2D eigenvalue weighted by molar-refractivity contribution is 5.90. The van der Waals surface area contributed by atoms with Gasteiger partial charge in [0.2, 0.25) is 0 Å². The fourth-order valence-electron chi connectivity index (χ4n) is 4.18. The van der Waals surface area contributed by atoms with E-state index in [4.69, 9.17) is 15.2 Å². The molecular formula is C16H27NO3. The van der Waals surface area contributed by atoms with Gasteiger partial charge >= 0.3 is 0 Å². The lowest BCUT2D eigenvalue weighted by atomic mass is 9.70. The minimum Gasteiger partial charge on any atom is -0.381 e. The zero-order valence-corrected chi connectivity index (χ0v) is 12.4. The number of hydrogen-bond acceptors (Lipinski definition) is 4. The molecule has 20 heavy (non-hydrogen) atoms. The molecule has 0 aromatic rings. The Bertz CT molecular complexity index is 351. The van der Waals surface area contributed by atoms with Crippen molar-refractivity contribution < 1.29 is 14.3 Å². The monoisotopic (exact) mass is 281 g/mol. The van der Waals surface area contributed by atoms with Crippen LogP contribution in [0.25, 0.3) is 0 Å². The first-order valence-corrected chi connectivity index (χ1v) is 8.19. The van der Waals surface area contributed by atoms with Gasteiger partial charge in [0.25, 0.3) is 0 Å². The summed E-state index contributed by atoms with van der Waals surface area (Å²) in [5.41, 5.74) is 5.78. The van der Waals surface area contributed by atoms with Gasteiger partial charge in [-0.15, -0.1) is 0 Å². The van der Waals surface area contributed by atoms with Crippen LogP contribution in [0.4, 0.5) is 0 Å². The van der Waals surface area contributed by atoms with E-state index in [2.05, 4.69) is 0 Å². The number of ether oxygens (including phenoxy) is 2. The van der Waals surface area contributed by atoms with Crippen LogP contribution >= 0.6 is 0 Å². The molecule has 4 heteroatoms. The molecule has 1 saturated carbocycles. The number of carbonyl (C=O) groups excluding carboxylic acids is 1. The van der Waals surface area contributed by atoms with Gasteiger partial charge in [0, 0.05) is 25.7 Å². The number of Topliss-reactive ketones (excluding diaryl/α,β-unsaturated/α-hetero) is 1. The Morgan fingerprint density at radius 2 is 1.70 bits per heavy atom. The second-order valence-electron chi connectivity index (χ2n) is 6.91. The number of nitrogens with two attached hydrogens (primary N) is 1. The first kappa shape index (κ1) is 14.5. The molecule has 2 aliphatic heterocycles. The molecule has 1 unspecified atom stereocenters. The van der Waals surface area contributed by atoms with Crippen molar-refractivity contribution in [3.05, 3.63) is 0 Å². The van der Waals surface area contributed by atoms with Crippen molar-refractivity contribution in [3.63, 3.8) is 0 Å². The molecule has 1 spiro atoms. The Labute approximate surface area is 121 Å². The third-order valence-electron chi connectivity index (χ3n) is 5.50. The minimum atomic E-state index is -0.549. The fourth-order valence-corrected chi connectivity index (χ4v) is 4.18. The summed E-state index contributed by atoms with van der Waals surface area (Å²) in [7, 11) is 0. The molecule has 0 aromatic heterocycles. The average Bonchev–Trinajstić information content (AvgIpc) is 2.48. The molecule has 0 radical (unpaired) electrons. The first-order chi connectivity index (χ1) is 9.64. The van der Waals surface area contributed by atoms with E-state index in [1.165, 1.54) is 6.42 Å². The van der Waals surface area contributed by atoms with E-state index in [9.17, 15) is 4.79 Å². The smallest absolute Gasteiger partial charge is 0.155 e. The second kappa shape index (κ2) is 5.74. The second-order valence-corrected chi connectivity index (χ2v) is 6.91. The summed E-state index contributed by atoms with van der Waals surface area (Å²) in [5.74, 6) is 0.413. The van der Waals surface area contributed by atoms with Crippen LogP contribution in [-0.2, 0) is 14.3 Å². The number of rotatable bonds is 2. The van der Waals surface area contributed by atoms with Crippen LogP contribution in [0.15, 0.2) is 0 Å². The van der Waals surface area contributed by atoms with E-state index in [0.717, 1.165) is 64.6 Å². The summed E-state index contributed by atoms with van der Waals surface area (Å²) >= 11 is 0. The van der Waals surface area contributed by atoms with Gasteiger partial charge in [-0.25, -0.2) is 0 Å². The molecule has 0 bridgehead atoms. The van der Waals surface area contributed by atoms with E-state index in [-0.39, 0.29) is 11.5 Å². The zero-order valence-electron chi connectivity index (χ0n) is 12.4. The predicted molar refractivity (Wildman–Crippen MR) is 76.5 cm³/mol. The van der Waals surface area contributed by atoms with Gasteiger partial charge in [0.1, 0.15) is 0 Å². The highest BCUT2D eigenvalue weighted by Crippen LogP contribution is 2.40. The SMILES string of the molecule is NC1(C(=O)C2CCOC3(CCOCC3)C2)CCCCC1. The molecule has 114 valence electrons. The molecule has 2 heterocycles. The van der Waals surface area contributed by atoms with Crippen LogP contribution in [0.3, 0.4) is 0 Å². The normalized spacial score (nSPS) is 33.0. The molecule has 3 rings (SSSR count). The Kier molecular flexibility index (Phi) is 4.16. The molecule has 4 nitrogen and oxygen atoms in total. The fraction of sp³-hybridized carbons (Fsp3) is 0.938. The lowest BCUT2D eigenvalue weighted by Gasteiger charge is -2.45. The van der Waals surface area contributed by atoms with E-state index < -0.39 is 5.54 Å². The van der Waals surface area contributed by atoms with Gasteiger partial charge in [0.15, 0.2) is 5.78 Å². The van der Waals surface area contributed by atoms with Crippen LogP contribution in [0.5, 0.6) is 0 Å². The number of carbonyl (C=O) groups is 1. The molecule has 1 aliphatic carbocycles. The van der Waals surface area contributed by atoms with Crippen LogP contribution in [0, 0.1) is 5.92 Å². The molecule has 3 fully saturated rings.